The average Bonchev–Trinajstić information content (AvgIpc) is 2.97. The van der Waals surface area contributed by atoms with E-state index in [1.165, 1.54) is 31.5 Å². The normalized spacial score (nSPS) is 18.1. The quantitative estimate of drug-likeness (QED) is 0.680. The minimum Gasteiger partial charge on any atom is -0.491 e. The second-order valence-corrected chi connectivity index (χ2v) is 9.07. The summed E-state index contributed by atoms with van der Waals surface area (Å²) in [5, 5.41) is 8.45. The van der Waals surface area contributed by atoms with Crippen molar-refractivity contribution in [2.24, 2.45) is 0 Å². The van der Waals surface area contributed by atoms with E-state index in [-0.39, 0.29) is 9.92 Å². The number of hydrogen-bond acceptors (Lipinski definition) is 5. The lowest BCUT2D eigenvalue weighted by molar-refractivity contribution is 0.264. The molecule has 1 saturated heterocycles. The van der Waals surface area contributed by atoms with Crippen molar-refractivity contribution < 1.29 is 13.2 Å². The molecule has 2 aromatic carbocycles. The maximum atomic E-state index is 13.0. The molecule has 4 rings (SSSR count). The number of halogens is 1. The van der Waals surface area contributed by atoms with Gasteiger partial charge in [-0.05, 0) is 43.7 Å². The maximum Gasteiger partial charge on any atom is 0.285 e. The van der Waals surface area contributed by atoms with Crippen molar-refractivity contribution in [2.45, 2.75) is 36.6 Å². The maximum absolute atomic E-state index is 13.0. The molecule has 1 aliphatic heterocycles. The zero-order valence-electron chi connectivity index (χ0n) is 15.3. The van der Waals surface area contributed by atoms with E-state index in [1.54, 1.807) is 30.3 Å². The summed E-state index contributed by atoms with van der Waals surface area (Å²) < 4.78 is 33.1. The minimum atomic E-state index is -3.90. The number of aromatic nitrogens is 2. The Balaban J connectivity index is 1.64. The summed E-state index contributed by atoms with van der Waals surface area (Å²) >= 11 is 6.11. The lowest BCUT2D eigenvalue weighted by atomic mass is 10.1. The fourth-order valence-corrected chi connectivity index (χ4v) is 5.27. The van der Waals surface area contributed by atoms with E-state index in [9.17, 15) is 8.42 Å². The monoisotopic (exact) mass is 419 g/mol. The van der Waals surface area contributed by atoms with Crippen LogP contribution in [0.5, 0.6) is 5.75 Å². The van der Waals surface area contributed by atoms with Gasteiger partial charge in [0.25, 0.3) is 10.0 Å². The van der Waals surface area contributed by atoms with Gasteiger partial charge in [0.15, 0.2) is 0 Å². The van der Waals surface area contributed by atoms with Crippen LogP contribution in [0.15, 0.2) is 53.6 Å². The van der Waals surface area contributed by atoms with E-state index in [2.05, 4.69) is 10.4 Å². The molecule has 1 aliphatic rings. The Bertz CT molecular complexity index is 1070. The van der Waals surface area contributed by atoms with Gasteiger partial charge in [-0.15, -0.1) is 0 Å². The zero-order chi connectivity index (χ0) is 19.6. The Labute approximate surface area is 169 Å². The highest BCUT2D eigenvalue weighted by Crippen LogP contribution is 2.30. The van der Waals surface area contributed by atoms with Crippen molar-refractivity contribution >= 4 is 32.5 Å². The third-order valence-electron chi connectivity index (χ3n) is 4.99. The third kappa shape index (κ3) is 3.74. The molecule has 0 radical (unpaired) electrons. The van der Waals surface area contributed by atoms with E-state index in [1.807, 2.05) is 6.07 Å². The Morgan fingerprint density at radius 2 is 2.00 bits per heavy atom. The molecule has 1 N–H and O–H groups in total. The van der Waals surface area contributed by atoms with Crippen LogP contribution in [0.1, 0.15) is 25.7 Å². The fourth-order valence-electron chi connectivity index (χ4n) is 3.50. The first-order valence-electron chi connectivity index (χ1n) is 9.40. The van der Waals surface area contributed by atoms with Crippen LogP contribution in [0.25, 0.3) is 10.9 Å². The second kappa shape index (κ2) is 8.11. The standard InChI is InChI=1S/C20H22ClN3O3S/c21-17-8-3-4-11-20(17)28(25,26)24-18-9-6-10-19(16(18)13-23-24)27-14-15-7-2-1-5-12-22-15/h3-4,6,8-11,13,15,22H,1-2,5,7,12,14H2. The predicted octanol–water partition coefficient (Wildman–Crippen LogP) is 3.84. The van der Waals surface area contributed by atoms with Gasteiger partial charge in [0.1, 0.15) is 17.3 Å². The molecule has 2 heterocycles. The van der Waals surface area contributed by atoms with Gasteiger partial charge in [0.2, 0.25) is 0 Å². The SMILES string of the molecule is O=S(=O)(c1ccccc1Cl)n1ncc2c(OCC3CCCCCN3)cccc21. The number of rotatable bonds is 5. The topological polar surface area (TPSA) is 73.2 Å². The molecular formula is C20H22ClN3O3S. The van der Waals surface area contributed by atoms with Crippen LogP contribution in [0.2, 0.25) is 5.02 Å². The van der Waals surface area contributed by atoms with E-state index in [4.69, 9.17) is 16.3 Å². The van der Waals surface area contributed by atoms with E-state index < -0.39 is 10.0 Å². The highest BCUT2D eigenvalue weighted by Gasteiger charge is 2.24. The van der Waals surface area contributed by atoms with Crippen molar-refractivity contribution in [3.05, 3.63) is 53.7 Å². The van der Waals surface area contributed by atoms with E-state index >= 15 is 0 Å². The first kappa shape index (κ1) is 19.2. The summed E-state index contributed by atoms with van der Waals surface area (Å²) in [6.07, 6.45) is 6.24. The van der Waals surface area contributed by atoms with Crippen LogP contribution in [0.4, 0.5) is 0 Å². The van der Waals surface area contributed by atoms with Gasteiger partial charge in [-0.3, -0.25) is 0 Å². The van der Waals surface area contributed by atoms with E-state index in [0.29, 0.717) is 29.3 Å². The molecule has 6 nitrogen and oxygen atoms in total. The molecule has 0 saturated carbocycles. The summed E-state index contributed by atoms with van der Waals surface area (Å²) in [6, 6.07) is 12.0. The van der Waals surface area contributed by atoms with Crippen molar-refractivity contribution in [3.63, 3.8) is 0 Å². The summed E-state index contributed by atoms with van der Waals surface area (Å²) in [4.78, 5) is 0.0237. The van der Waals surface area contributed by atoms with Gasteiger partial charge in [-0.2, -0.15) is 17.6 Å². The number of benzene rings is 2. The van der Waals surface area contributed by atoms with Gasteiger partial charge in [0.05, 0.1) is 22.1 Å². The highest BCUT2D eigenvalue weighted by atomic mass is 35.5. The predicted molar refractivity (Wildman–Crippen MR) is 110 cm³/mol. The number of nitrogens with one attached hydrogen (secondary N) is 1. The molecule has 0 aliphatic carbocycles. The van der Waals surface area contributed by atoms with Gasteiger partial charge in [-0.1, -0.05) is 42.6 Å². The summed E-state index contributed by atoms with van der Waals surface area (Å²) in [6.45, 7) is 1.55. The molecule has 0 spiro atoms. The van der Waals surface area contributed by atoms with Gasteiger partial charge in [-0.25, -0.2) is 0 Å². The Hall–Kier alpha value is -2.09. The van der Waals surface area contributed by atoms with Crippen LogP contribution < -0.4 is 10.1 Å². The van der Waals surface area contributed by atoms with Gasteiger partial charge in [0, 0.05) is 6.04 Å². The second-order valence-electron chi connectivity index (χ2n) is 6.92. The number of fused-ring (bicyclic) bond motifs is 1. The Morgan fingerprint density at radius 1 is 1.14 bits per heavy atom. The first-order valence-corrected chi connectivity index (χ1v) is 11.2. The average molecular weight is 420 g/mol. The van der Waals surface area contributed by atoms with Crippen LogP contribution >= 0.6 is 11.6 Å². The summed E-state index contributed by atoms with van der Waals surface area (Å²) in [7, 11) is -3.90. The van der Waals surface area contributed by atoms with Crippen LogP contribution in [-0.2, 0) is 10.0 Å². The van der Waals surface area contributed by atoms with E-state index in [0.717, 1.165) is 17.1 Å². The van der Waals surface area contributed by atoms with Crippen molar-refractivity contribution in [3.8, 4) is 5.75 Å². The zero-order valence-corrected chi connectivity index (χ0v) is 16.9. The first-order chi connectivity index (χ1) is 13.6. The lowest BCUT2D eigenvalue weighted by Gasteiger charge is -2.17. The molecule has 1 aromatic heterocycles. The van der Waals surface area contributed by atoms with Gasteiger partial charge < -0.3 is 10.1 Å². The third-order valence-corrected chi connectivity index (χ3v) is 7.09. The molecule has 0 amide bonds. The van der Waals surface area contributed by atoms with Crippen molar-refractivity contribution in [1.29, 1.82) is 0 Å². The molecule has 28 heavy (non-hydrogen) atoms. The van der Waals surface area contributed by atoms with Crippen molar-refractivity contribution in [2.75, 3.05) is 13.2 Å². The fraction of sp³-hybridized carbons (Fsp3) is 0.350. The number of nitrogens with zero attached hydrogens (tertiary/aromatic N) is 2. The highest BCUT2D eigenvalue weighted by molar-refractivity contribution is 7.90. The van der Waals surface area contributed by atoms with Crippen molar-refractivity contribution in [1.82, 2.24) is 14.5 Å². The number of hydrogen-bond donors (Lipinski definition) is 1. The largest absolute Gasteiger partial charge is 0.491 e. The summed E-state index contributed by atoms with van der Waals surface area (Å²) in [5.74, 6) is 0.629. The number of ether oxygens (including phenoxy) is 1. The Morgan fingerprint density at radius 3 is 2.86 bits per heavy atom. The lowest BCUT2D eigenvalue weighted by Crippen LogP contribution is -2.33. The molecule has 1 atom stereocenters. The minimum absolute atomic E-state index is 0.0237. The van der Waals surface area contributed by atoms with Crippen LogP contribution in [-0.4, -0.2) is 36.8 Å². The smallest absolute Gasteiger partial charge is 0.285 e. The molecule has 1 fully saturated rings. The molecule has 1 unspecified atom stereocenters. The van der Waals surface area contributed by atoms with Gasteiger partial charge >= 0.3 is 0 Å². The molecule has 0 bridgehead atoms. The Kier molecular flexibility index (Phi) is 5.57. The molecule has 8 heteroatoms. The molecular weight excluding hydrogens is 398 g/mol. The van der Waals surface area contributed by atoms with Crippen LogP contribution in [0, 0.1) is 0 Å². The molecule has 3 aromatic rings. The summed E-state index contributed by atoms with van der Waals surface area (Å²) in [5.41, 5.74) is 0.464. The molecule has 148 valence electrons. The van der Waals surface area contributed by atoms with Crippen LogP contribution in [0.3, 0.4) is 0 Å².